The van der Waals surface area contributed by atoms with Gasteiger partial charge in [0, 0.05) is 30.2 Å². The lowest BCUT2D eigenvalue weighted by atomic mass is 9.79. The zero-order valence-corrected chi connectivity index (χ0v) is 19.6. The highest BCUT2D eigenvalue weighted by Crippen LogP contribution is 2.57. The average molecular weight is 377 g/mol. The third-order valence-electron chi connectivity index (χ3n) is 8.50. The molecule has 0 aromatic rings. The SMILES string of the molecule is CC(C)N1CCC2(CC2)CC1(C)C.CCC1CC2(CCCC2)CN1C(C)C. The van der Waals surface area contributed by atoms with E-state index in [1.807, 2.05) is 0 Å². The summed E-state index contributed by atoms with van der Waals surface area (Å²) in [5.41, 5.74) is 1.97. The monoisotopic (exact) mass is 376 g/mol. The summed E-state index contributed by atoms with van der Waals surface area (Å²) >= 11 is 0. The molecule has 2 spiro atoms. The van der Waals surface area contributed by atoms with Gasteiger partial charge >= 0.3 is 0 Å². The second-order valence-corrected chi connectivity index (χ2v) is 11.8. The molecule has 2 nitrogen and oxygen atoms in total. The van der Waals surface area contributed by atoms with E-state index in [4.69, 9.17) is 0 Å². The molecule has 0 aromatic heterocycles. The van der Waals surface area contributed by atoms with Crippen molar-refractivity contribution >= 4 is 0 Å². The van der Waals surface area contributed by atoms with Gasteiger partial charge in [0.1, 0.15) is 0 Å². The molecule has 2 aliphatic heterocycles. The molecule has 158 valence electrons. The Hall–Kier alpha value is -0.0800. The van der Waals surface area contributed by atoms with Gasteiger partial charge in [0.05, 0.1) is 0 Å². The number of rotatable bonds is 3. The van der Waals surface area contributed by atoms with Crippen molar-refractivity contribution in [1.29, 1.82) is 0 Å². The van der Waals surface area contributed by atoms with Gasteiger partial charge < -0.3 is 0 Å². The number of likely N-dealkylation sites (tertiary alicyclic amines) is 2. The molecule has 2 heterocycles. The molecule has 4 rings (SSSR count). The van der Waals surface area contributed by atoms with Gasteiger partial charge in [-0.15, -0.1) is 0 Å². The van der Waals surface area contributed by atoms with Gasteiger partial charge in [0.25, 0.3) is 0 Å². The van der Waals surface area contributed by atoms with Gasteiger partial charge in [-0.25, -0.2) is 0 Å². The lowest BCUT2D eigenvalue weighted by Gasteiger charge is -2.48. The zero-order valence-electron chi connectivity index (χ0n) is 19.6. The zero-order chi connectivity index (χ0) is 19.9. The first kappa shape index (κ1) is 21.6. The number of nitrogens with zero attached hydrogens (tertiary/aromatic N) is 2. The predicted molar refractivity (Wildman–Crippen MR) is 118 cm³/mol. The minimum absolute atomic E-state index is 0.447. The summed E-state index contributed by atoms with van der Waals surface area (Å²) in [5, 5.41) is 0. The molecule has 0 aromatic carbocycles. The second kappa shape index (κ2) is 7.98. The Morgan fingerprint density at radius 2 is 1.48 bits per heavy atom. The first-order valence-electron chi connectivity index (χ1n) is 12.1. The van der Waals surface area contributed by atoms with E-state index in [0.717, 1.165) is 22.9 Å². The van der Waals surface area contributed by atoms with Crippen LogP contribution in [0, 0.1) is 10.8 Å². The summed E-state index contributed by atoms with van der Waals surface area (Å²) in [4.78, 5) is 5.43. The number of hydrogen-bond acceptors (Lipinski definition) is 2. The molecule has 2 aliphatic carbocycles. The Morgan fingerprint density at radius 1 is 0.852 bits per heavy atom. The molecule has 0 N–H and O–H groups in total. The molecule has 0 radical (unpaired) electrons. The van der Waals surface area contributed by atoms with Crippen molar-refractivity contribution in [2.75, 3.05) is 13.1 Å². The Morgan fingerprint density at radius 3 is 1.89 bits per heavy atom. The third kappa shape index (κ3) is 4.74. The van der Waals surface area contributed by atoms with Crippen molar-refractivity contribution in [3.63, 3.8) is 0 Å². The van der Waals surface area contributed by atoms with Crippen molar-refractivity contribution < 1.29 is 0 Å². The fourth-order valence-corrected chi connectivity index (χ4v) is 7.00. The summed E-state index contributed by atoms with van der Waals surface area (Å²) in [5.74, 6) is 0. The molecular weight excluding hydrogens is 328 g/mol. The Kier molecular flexibility index (Phi) is 6.39. The Balaban J connectivity index is 0.000000156. The maximum atomic E-state index is 2.76. The summed E-state index contributed by atoms with van der Waals surface area (Å²) in [6, 6.07) is 2.35. The fraction of sp³-hybridized carbons (Fsp3) is 1.00. The van der Waals surface area contributed by atoms with Gasteiger partial charge in [0.2, 0.25) is 0 Å². The van der Waals surface area contributed by atoms with E-state index in [1.165, 1.54) is 77.3 Å². The fourth-order valence-electron chi connectivity index (χ4n) is 7.00. The highest BCUT2D eigenvalue weighted by atomic mass is 15.2. The molecule has 0 bridgehead atoms. The molecule has 1 unspecified atom stereocenters. The van der Waals surface area contributed by atoms with Crippen LogP contribution in [0.2, 0.25) is 0 Å². The largest absolute Gasteiger partial charge is 0.297 e. The van der Waals surface area contributed by atoms with E-state index in [1.54, 1.807) is 0 Å². The van der Waals surface area contributed by atoms with Crippen LogP contribution in [0.3, 0.4) is 0 Å². The molecule has 0 amide bonds. The van der Waals surface area contributed by atoms with Crippen LogP contribution in [-0.2, 0) is 0 Å². The van der Waals surface area contributed by atoms with Crippen molar-refractivity contribution in [2.45, 2.75) is 136 Å². The van der Waals surface area contributed by atoms with Gasteiger partial charge in [-0.2, -0.15) is 0 Å². The first-order valence-corrected chi connectivity index (χ1v) is 12.1. The van der Waals surface area contributed by atoms with E-state index in [0.29, 0.717) is 11.6 Å². The maximum absolute atomic E-state index is 2.76. The number of piperidine rings is 1. The Bertz CT molecular complexity index is 483. The predicted octanol–water partition coefficient (Wildman–Crippen LogP) is 6.49. The average Bonchev–Trinajstić information content (AvgIpc) is 3.03. The van der Waals surface area contributed by atoms with Crippen LogP contribution in [0.25, 0.3) is 0 Å². The molecule has 4 aliphatic rings. The van der Waals surface area contributed by atoms with E-state index in [2.05, 4.69) is 58.3 Å². The molecule has 4 fully saturated rings. The molecule has 2 saturated heterocycles. The van der Waals surface area contributed by atoms with Crippen LogP contribution in [0.15, 0.2) is 0 Å². The smallest absolute Gasteiger partial charge is 0.0161 e. The summed E-state index contributed by atoms with van der Waals surface area (Å²) < 4.78 is 0. The van der Waals surface area contributed by atoms with Gasteiger partial charge in [0.15, 0.2) is 0 Å². The summed E-state index contributed by atoms with van der Waals surface area (Å²) in [6.45, 7) is 19.3. The second-order valence-electron chi connectivity index (χ2n) is 11.8. The molecular formula is C25H48N2. The highest BCUT2D eigenvalue weighted by Gasteiger charge is 2.51. The van der Waals surface area contributed by atoms with Crippen LogP contribution < -0.4 is 0 Å². The molecule has 2 heteroatoms. The van der Waals surface area contributed by atoms with Crippen molar-refractivity contribution in [3.8, 4) is 0 Å². The first-order chi connectivity index (χ1) is 12.6. The third-order valence-corrected chi connectivity index (χ3v) is 8.50. The van der Waals surface area contributed by atoms with Crippen LogP contribution in [-0.4, -0.2) is 46.6 Å². The quantitative estimate of drug-likeness (QED) is 0.555. The van der Waals surface area contributed by atoms with E-state index in [-0.39, 0.29) is 0 Å². The van der Waals surface area contributed by atoms with Crippen LogP contribution in [0.5, 0.6) is 0 Å². The Labute approximate surface area is 170 Å². The lowest BCUT2D eigenvalue weighted by Crippen LogP contribution is -2.53. The van der Waals surface area contributed by atoms with Gasteiger partial charge in [-0.05, 0) is 110 Å². The van der Waals surface area contributed by atoms with Crippen LogP contribution in [0.4, 0.5) is 0 Å². The van der Waals surface area contributed by atoms with Gasteiger partial charge in [-0.3, -0.25) is 9.80 Å². The topological polar surface area (TPSA) is 6.48 Å². The van der Waals surface area contributed by atoms with Crippen molar-refractivity contribution in [1.82, 2.24) is 9.80 Å². The minimum atomic E-state index is 0.447. The summed E-state index contributed by atoms with van der Waals surface area (Å²) in [7, 11) is 0. The standard InChI is InChI=1S/C13H25N.C12H23N/c1-4-12-9-13(7-5-6-8-13)10-14(12)11(2)3;1-10(2)13-8-7-12(5-6-12)9-11(13,3)4/h11-12H,4-10H2,1-3H3;10H,5-9H2,1-4H3. The normalized spacial score (nSPS) is 31.7. The van der Waals surface area contributed by atoms with E-state index in [9.17, 15) is 0 Å². The number of hydrogen-bond donors (Lipinski definition) is 0. The summed E-state index contributed by atoms with van der Waals surface area (Å²) in [6.07, 6.45) is 14.7. The van der Waals surface area contributed by atoms with Gasteiger partial charge in [-0.1, -0.05) is 19.8 Å². The maximum Gasteiger partial charge on any atom is 0.0161 e. The van der Waals surface area contributed by atoms with Crippen molar-refractivity contribution in [2.24, 2.45) is 10.8 Å². The van der Waals surface area contributed by atoms with E-state index < -0.39 is 0 Å². The molecule has 2 saturated carbocycles. The van der Waals surface area contributed by atoms with Crippen LogP contribution >= 0.6 is 0 Å². The molecule has 1 atom stereocenters. The lowest BCUT2D eigenvalue weighted by molar-refractivity contribution is 0.0131. The van der Waals surface area contributed by atoms with Crippen LogP contribution in [0.1, 0.15) is 113 Å². The van der Waals surface area contributed by atoms with Crippen molar-refractivity contribution in [3.05, 3.63) is 0 Å². The minimum Gasteiger partial charge on any atom is -0.297 e. The highest BCUT2D eigenvalue weighted by molar-refractivity contribution is 5.04. The van der Waals surface area contributed by atoms with E-state index >= 15 is 0 Å². The molecule has 27 heavy (non-hydrogen) atoms.